The fourth-order valence-electron chi connectivity index (χ4n) is 1.96. The largest absolute Gasteiger partial charge is 0.494 e. The Morgan fingerprint density at radius 2 is 1.50 bits per heavy atom. The fraction of sp³-hybridized carbons (Fsp3) is 0.647. The molecule has 0 aliphatic rings. The molecule has 0 aromatic heterocycles. The highest BCUT2D eigenvalue weighted by Crippen LogP contribution is 2.17. The highest BCUT2D eigenvalue weighted by Gasteiger charge is 1.97. The minimum atomic E-state index is 0.595. The molecule has 0 spiro atoms. The van der Waals surface area contributed by atoms with Crippen molar-refractivity contribution in [3.63, 3.8) is 0 Å². The van der Waals surface area contributed by atoms with E-state index in [1.165, 1.54) is 19.3 Å². The van der Waals surface area contributed by atoms with Crippen LogP contribution in [0.2, 0.25) is 0 Å². The Kier molecular flexibility index (Phi) is 8.88. The summed E-state index contributed by atoms with van der Waals surface area (Å²) >= 11 is 0. The molecule has 1 N–H and O–H groups in total. The molecule has 0 radical (unpaired) electrons. The zero-order valence-electron chi connectivity index (χ0n) is 13.2. The van der Waals surface area contributed by atoms with E-state index in [4.69, 9.17) is 9.47 Å². The van der Waals surface area contributed by atoms with Gasteiger partial charge in [0, 0.05) is 6.04 Å². The van der Waals surface area contributed by atoms with E-state index in [0.29, 0.717) is 12.6 Å². The summed E-state index contributed by atoms with van der Waals surface area (Å²) < 4.78 is 11.1. The van der Waals surface area contributed by atoms with Crippen LogP contribution in [0.1, 0.15) is 46.5 Å². The number of rotatable bonds is 11. The van der Waals surface area contributed by atoms with E-state index in [-0.39, 0.29) is 0 Å². The van der Waals surface area contributed by atoms with Gasteiger partial charge in [0.05, 0.1) is 13.2 Å². The van der Waals surface area contributed by atoms with Gasteiger partial charge in [-0.2, -0.15) is 0 Å². The zero-order chi connectivity index (χ0) is 14.6. The highest BCUT2D eigenvalue weighted by atomic mass is 16.5. The van der Waals surface area contributed by atoms with Crippen LogP contribution in [0.15, 0.2) is 24.3 Å². The molecular weight excluding hydrogens is 250 g/mol. The lowest BCUT2D eigenvalue weighted by atomic mass is 10.2. The second-order valence-corrected chi connectivity index (χ2v) is 5.28. The summed E-state index contributed by atoms with van der Waals surface area (Å²) in [6.45, 7) is 8.98. The molecule has 1 aromatic rings. The van der Waals surface area contributed by atoms with E-state index in [9.17, 15) is 0 Å². The number of hydrogen-bond acceptors (Lipinski definition) is 3. The normalized spacial score (nSPS) is 10.8. The molecule has 114 valence electrons. The third-order valence-corrected chi connectivity index (χ3v) is 3.03. The first-order valence-electron chi connectivity index (χ1n) is 7.81. The number of unbranched alkanes of at least 4 members (excludes halogenated alkanes) is 3. The summed E-state index contributed by atoms with van der Waals surface area (Å²) in [7, 11) is 0. The summed E-state index contributed by atoms with van der Waals surface area (Å²) in [5, 5.41) is 3.43. The maximum Gasteiger partial charge on any atom is 0.119 e. The van der Waals surface area contributed by atoms with Crippen molar-refractivity contribution >= 4 is 0 Å². The molecule has 0 heterocycles. The van der Waals surface area contributed by atoms with Crippen LogP contribution in [-0.4, -0.2) is 25.8 Å². The molecule has 0 fully saturated rings. The van der Waals surface area contributed by atoms with Gasteiger partial charge in [0.1, 0.15) is 11.5 Å². The number of benzene rings is 1. The monoisotopic (exact) mass is 279 g/mol. The van der Waals surface area contributed by atoms with Crippen molar-refractivity contribution in [1.82, 2.24) is 5.32 Å². The minimum Gasteiger partial charge on any atom is -0.494 e. The lowest BCUT2D eigenvalue weighted by molar-refractivity contribution is 0.302. The summed E-state index contributed by atoms with van der Waals surface area (Å²) in [6.07, 6.45) is 4.87. The molecule has 0 bridgehead atoms. The van der Waals surface area contributed by atoms with E-state index in [1.54, 1.807) is 0 Å². The standard InChI is InChI=1S/C17H29NO2/c1-4-19-16-9-11-17(12-10-16)20-14-8-6-5-7-13-18-15(2)3/h9-12,15,18H,4-8,13-14H2,1-3H3. The molecule has 3 nitrogen and oxygen atoms in total. The Hall–Kier alpha value is -1.22. The smallest absolute Gasteiger partial charge is 0.119 e. The Bertz CT molecular complexity index is 335. The van der Waals surface area contributed by atoms with Crippen LogP contribution in [0, 0.1) is 0 Å². The molecule has 0 amide bonds. The fourth-order valence-corrected chi connectivity index (χ4v) is 1.96. The van der Waals surface area contributed by atoms with Crippen LogP contribution in [-0.2, 0) is 0 Å². The summed E-state index contributed by atoms with van der Waals surface area (Å²) in [5.74, 6) is 1.83. The average molecular weight is 279 g/mol. The van der Waals surface area contributed by atoms with Crippen molar-refractivity contribution in [1.29, 1.82) is 0 Å². The molecule has 20 heavy (non-hydrogen) atoms. The van der Waals surface area contributed by atoms with Gasteiger partial charge in [-0.15, -0.1) is 0 Å². The van der Waals surface area contributed by atoms with Crippen LogP contribution in [0.4, 0.5) is 0 Å². The van der Waals surface area contributed by atoms with Crippen molar-refractivity contribution in [3.8, 4) is 11.5 Å². The first kappa shape index (κ1) is 16.8. The van der Waals surface area contributed by atoms with E-state index < -0.39 is 0 Å². The molecule has 0 saturated heterocycles. The van der Waals surface area contributed by atoms with Crippen molar-refractivity contribution in [2.24, 2.45) is 0 Å². The molecule has 1 aromatic carbocycles. The van der Waals surface area contributed by atoms with Gasteiger partial charge in [-0.3, -0.25) is 0 Å². The lowest BCUT2D eigenvalue weighted by Crippen LogP contribution is -2.23. The second-order valence-electron chi connectivity index (χ2n) is 5.28. The van der Waals surface area contributed by atoms with Crippen molar-refractivity contribution in [2.45, 2.75) is 52.5 Å². The Labute approximate surface area is 123 Å². The first-order valence-corrected chi connectivity index (χ1v) is 7.81. The van der Waals surface area contributed by atoms with E-state index >= 15 is 0 Å². The van der Waals surface area contributed by atoms with Crippen molar-refractivity contribution in [2.75, 3.05) is 19.8 Å². The molecule has 0 aliphatic heterocycles. The Morgan fingerprint density at radius 3 is 2.10 bits per heavy atom. The summed E-state index contributed by atoms with van der Waals surface area (Å²) in [4.78, 5) is 0. The van der Waals surface area contributed by atoms with Crippen molar-refractivity contribution < 1.29 is 9.47 Å². The number of nitrogens with one attached hydrogen (secondary N) is 1. The second kappa shape index (κ2) is 10.6. The molecule has 3 heteroatoms. The van der Waals surface area contributed by atoms with E-state index in [1.807, 2.05) is 31.2 Å². The number of hydrogen-bond donors (Lipinski definition) is 1. The minimum absolute atomic E-state index is 0.595. The van der Waals surface area contributed by atoms with Gasteiger partial charge in [0.2, 0.25) is 0 Å². The Morgan fingerprint density at radius 1 is 0.900 bits per heavy atom. The van der Waals surface area contributed by atoms with Crippen LogP contribution in [0.5, 0.6) is 11.5 Å². The van der Waals surface area contributed by atoms with Crippen LogP contribution < -0.4 is 14.8 Å². The maximum absolute atomic E-state index is 5.71. The van der Waals surface area contributed by atoms with Crippen molar-refractivity contribution in [3.05, 3.63) is 24.3 Å². The van der Waals surface area contributed by atoms with Gasteiger partial charge in [-0.05, 0) is 50.6 Å². The van der Waals surface area contributed by atoms with Gasteiger partial charge in [-0.25, -0.2) is 0 Å². The zero-order valence-corrected chi connectivity index (χ0v) is 13.2. The Balaban J connectivity index is 2.00. The predicted molar refractivity (Wildman–Crippen MR) is 84.7 cm³/mol. The molecule has 1 rings (SSSR count). The van der Waals surface area contributed by atoms with Crippen LogP contribution in [0.25, 0.3) is 0 Å². The molecule has 0 saturated carbocycles. The SMILES string of the molecule is CCOc1ccc(OCCCCCCNC(C)C)cc1. The summed E-state index contributed by atoms with van der Waals surface area (Å²) in [5.41, 5.74) is 0. The van der Waals surface area contributed by atoms with E-state index in [0.717, 1.165) is 31.1 Å². The highest BCUT2D eigenvalue weighted by molar-refractivity contribution is 5.31. The quantitative estimate of drug-likeness (QED) is 0.621. The molecular formula is C17H29NO2. The van der Waals surface area contributed by atoms with Gasteiger partial charge >= 0.3 is 0 Å². The first-order chi connectivity index (χ1) is 9.72. The maximum atomic E-state index is 5.71. The summed E-state index contributed by atoms with van der Waals surface area (Å²) in [6, 6.07) is 8.44. The molecule has 0 atom stereocenters. The molecule has 0 aliphatic carbocycles. The topological polar surface area (TPSA) is 30.5 Å². The third kappa shape index (κ3) is 8.05. The van der Waals surface area contributed by atoms with Gasteiger partial charge < -0.3 is 14.8 Å². The number of ether oxygens (including phenoxy) is 2. The third-order valence-electron chi connectivity index (χ3n) is 3.03. The lowest BCUT2D eigenvalue weighted by Gasteiger charge is -2.09. The molecule has 0 unspecified atom stereocenters. The predicted octanol–water partition coefficient (Wildman–Crippen LogP) is 4.02. The van der Waals surface area contributed by atoms with E-state index in [2.05, 4.69) is 19.2 Å². The van der Waals surface area contributed by atoms with Gasteiger partial charge in [-0.1, -0.05) is 26.7 Å². The average Bonchev–Trinajstić information content (AvgIpc) is 2.43. The van der Waals surface area contributed by atoms with Crippen LogP contribution >= 0.6 is 0 Å². The van der Waals surface area contributed by atoms with Gasteiger partial charge in [0.15, 0.2) is 0 Å². The van der Waals surface area contributed by atoms with Gasteiger partial charge in [0.25, 0.3) is 0 Å². The van der Waals surface area contributed by atoms with Crippen LogP contribution in [0.3, 0.4) is 0 Å².